The van der Waals surface area contributed by atoms with Crippen LogP contribution in [0.3, 0.4) is 0 Å². The molecule has 0 unspecified atom stereocenters. The number of para-hydroxylation sites is 2. The van der Waals surface area contributed by atoms with Gasteiger partial charge >= 0.3 is 0 Å². The first-order valence-electron chi connectivity index (χ1n) is 7.01. The smallest absolute Gasteiger partial charge is 0.258 e. The number of benzene rings is 2. The molecule has 1 N–H and O–H groups in total. The molecule has 0 bridgehead atoms. The van der Waals surface area contributed by atoms with Crippen molar-refractivity contribution < 1.29 is 13.9 Å². The van der Waals surface area contributed by atoms with Gasteiger partial charge in [0.1, 0.15) is 11.3 Å². The average molecular weight is 296 g/mol. The van der Waals surface area contributed by atoms with Crippen LogP contribution < -0.4 is 10.1 Å². The maximum absolute atomic E-state index is 11.8. The molecular weight excluding hydrogens is 280 g/mol. The minimum atomic E-state index is -0.220. The Labute approximate surface area is 127 Å². The lowest BCUT2D eigenvalue weighted by Crippen LogP contribution is -2.28. The molecule has 3 rings (SSSR count). The van der Waals surface area contributed by atoms with E-state index < -0.39 is 0 Å². The van der Waals surface area contributed by atoms with E-state index in [0.717, 1.165) is 11.1 Å². The summed E-state index contributed by atoms with van der Waals surface area (Å²) < 4.78 is 10.9. The molecule has 0 saturated carbocycles. The first kappa shape index (κ1) is 14.1. The number of nitrogens with one attached hydrogen (secondary N) is 1. The average Bonchev–Trinajstić information content (AvgIpc) is 2.95. The van der Waals surface area contributed by atoms with Crippen molar-refractivity contribution in [3.8, 4) is 5.75 Å². The number of nitrogens with zero attached hydrogens (tertiary/aromatic N) is 1. The summed E-state index contributed by atoms with van der Waals surface area (Å²) in [5.74, 6) is 0.926. The summed E-state index contributed by atoms with van der Waals surface area (Å²) in [6, 6.07) is 15.0. The van der Waals surface area contributed by atoms with Crippen LogP contribution in [-0.2, 0) is 11.3 Å². The third kappa shape index (κ3) is 3.44. The number of ether oxygens (including phenoxy) is 1. The van der Waals surface area contributed by atoms with Crippen molar-refractivity contribution in [3.63, 3.8) is 0 Å². The van der Waals surface area contributed by atoms with E-state index in [2.05, 4.69) is 10.3 Å². The Morgan fingerprint density at radius 2 is 1.95 bits per heavy atom. The number of oxazole rings is 1. The molecule has 0 aliphatic heterocycles. The fraction of sp³-hybridized carbons (Fsp3) is 0.176. The summed E-state index contributed by atoms with van der Waals surface area (Å²) in [5, 5.41) is 2.72. The van der Waals surface area contributed by atoms with Crippen molar-refractivity contribution in [2.75, 3.05) is 6.61 Å². The van der Waals surface area contributed by atoms with E-state index in [1.165, 1.54) is 0 Å². The Morgan fingerprint density at radius 1 is 1.18 bits per heavy atom. The molecule has 1 amide bonds. The SMILES string of the molecule is Cc1ccc(OCC(=O)NCc2nc3ccccc3o2)cc1. The van der Waals surface area contributed by atoms with Crippen LogP contribution in [0, 0.1) is 6.92 Å². The van der Waals surface area contributed by atoms with Gasteiger partial charge in [-0.2, -0.15) is 0 Å². The van der Waals surface area contributed by atoms with Gasteiger partial charge in [-0.25, -0.2) is 4.98 Å². The molecular formula is C17H16N2O3. The Hall–Kier alpha value is -2.82. The zero-order valence-electron chi connectivity index (χ0n) is 12.2. The number of carbonyl (C=O) groups excluding carboxylic acids is 1. The Morgan fingerprint density at radius 3 is 2.73 bits per heavy atom. The number of rotatable bonds is 5. The number of hydrogen-bond donors (Lipinski definition) is 1. The van der Waals surface area contributed by atoms with Gasteiger partial charge in [0.25, 0.3) is 5.91 Å². The molecule has 5 heteroatoms. The zero-order chi connectivity index (χ0) is 15.4. The summed E-state index contributed by atoms with van der Waals surface area (Å²) >= 11 is 0. The van der Waals surface area contributed by atoms with Gasteiger partial charge < -0.3 is 14.5 Å². The van der Waals surface area contributed by atoms with E-state index in [0.29, 0.717) is 17.2 Å². The summed E-state index contributed by atoms with van der Waals surface area (Å²) in [7, 11) is 0. The summed E-state index contributed by atoms with van der Waals surface area (Å²) in [4.78, 5) is 16.1. The molecule has 0 atom stereocenters. The second-order valence-corrected chi connectivity index (χ2v) is 4.95. The molecule has 0 fully saturated rings. The third-order valence-electron chi connectivity index (χ3n) is 3.17. The summed E-state index contributed by atoms with van der Waals surface area (Å²) in [5.41, 5.74) is 2.64. The van der Waals surface area contributed by atoms with Gasteiger partial charge in [-0.3, -0.25) is 4.79 Å². The molecule has 0 aliphatic carbocycles. The van der Waals surface area contributed by atoms with Crippen molar-refractivity contribution in [3.05, 3.63) is 60.0 Å². The van der Waals surface area contributed by atoms with Crippen LogP contribution >= 0.6 is 0 Å². The topological polar surface area (TPSA) is 64.4 Å². The van der Waals surface area contributed by atoms with Crippen LogP contribution in [0.1, 0.15) is 11.5 Å². The summed E-state index contributed by atoms with van der Waals surface area (Å²) in [6.07, 6.45) is 0. The fourth-order valence-electron chi connectivity index (χ4n) is 2.00. The molecule has 1 heterocycles. The van der Waals surface area contributed by atoms with Gasteiger partial charge in [0.2, 0.25) is 5.89 Å². The maximum Gasteiger partial charge on any atom is 0.258 e. The standard InChI is InChI=1S/C17H16N2O3/c1-12-6-8-13(9-7-12)21-11-16(20)18-10-17-19-14-4-2-3-5-15(14)22-17/h2-9H,10-11H2,1H3,(H,18,20). The number of aryl methyl sites for hydroxylation is 1. The highest BCUT2D eigenvalue weighted by Crippen LogP contribution is 2.14. The number of carbonyl (C=O) groups is 1. The molecule has 2 aromatic carbocycles. The molecule has 0 saturated heterocycles. The predicted octanol–water partition coefficient (Wildman–Crippen LogP) is 2.83. The molecule has 112 valence electrons. The molecule has 22 heavy (non-hydrogen) atoms. The van der Waals surface area contributed by atoms with Crippen LogP contribution in [0.25, 0.3) is 11.1 Å². The number of aromatic nitrogens is 1. The highest BCUT2D eigenvalue weighted by Gasteiger charge is 2.07. The molecule has 5 nitrogen and oxygen atoms in total. The van der Waals surface area contributed by atoms with Crippen LogP contribution in [0.15, 0.2) is 52.9 Å². The lowest BCUT2D eigenvalue weighted by Gasteiger charge is -2.06. The van der Waals surface area contributed by atoms with Gasteiger partial charge in [-0.1, -0.05) is 29.8 Å². The van der Waals surface area contributed by atoms with Crippen LogP contribution in [0.5, 0.6) is 5.75 Å². The van der Waals surface area contributed by atoms with Gasteiger partial charge in [-0.15, -0.1) is 0 Å². The zero-order valence-corrected chi connectivity index (χ0v) is 12.2. The van der Waals surface area contributed by atoms with Crippen molar-refractivity contribution >= 4 is 17.0 Å². The van der Waals surface area contributed by atoms with Gasteiger partial charge in [0, 0.05) is 0 Å². The van der Waals surface area contributed by atoms with E-state index in [4.69, 9.17) is 9.15 Å². The third-order valence-corrected chi connectivity index (χ3v) is 3.17. The maximum atomic E-state index is 11.8. The van der Waals surface area contributed by atoms with Crippen LogP contribution in [0.4, 0.5) is 0 Å². The Kier molecular flexibility index (Phi) is 4.05. The van der Waals surface area contributed by atoms with Gasteiger partial charge in [0.15, 0.2) is 12.2 Å². The van der Waals surface area contributed by atoms with Crippen molar-refractivity contribution in [1.82, 2.24) is 10.3 Å². The quantitative estimate of drug-likeness (QED) is 0.786. The van der Waals surface area contributed by atoms with Crippen molar-refractivity contribution in [2.24, 2.45) is 0 Å². The monoisotopic (exact) mass is 296 g/mol. The second-order valence-electron chi connectivity index (χ2n) is 4.95. The number of hydrogen-bond acceptors (Lipinski definition) is 4. The van der Waals surface area contributed by atoms with Crippen molar-refractivity contribution in [2.45, 2.75) is 13.5 Å². The van der Waals surface area contributed by atoms with Gasteiger partial charge in [0.05, 0.1) is 6.54 Å². The minimum Gasteiger partial charge on any atom is -0.484 e. The van der Waals surface area contributed by atoms with Gasteiger partial charge in [-0.05, 0) is 31.2 Å². The highest BCUT2D eigenvalue weighted by molar-refractivity contribution is 5.77. The Balaban J connectivity index is 1.50. The second kappa shape index (κ2) is 6.30. The lowest BCUT2D eigenvalue weighted by atomic mass is 10.2. The van der Waals surface area contributed by atoms with Crippen LogP contribution in [0.2, 0.25) is 0 Å². The molecule has 0 aliphatic rings. The van der Waals surface area contributed by atoms with E-state index in [-0.39, 0.29) is 19.1 Å². The minimum absolute atomic E-state index is 0.0384. The number of amides is 1. The van der Waals surface area contributed by atoms with E-state index >= 15 is 0 Å². The number of fused-ring (bicyclic) bond motifs is 1. The molecule has 3 aromatic rings. The fourth-order valence-corrected chi connectivity index (χ4v) is 2.00. The van der Waals surface area contributed by atoms with E-state index in [9.17, 15) is 4.79 Å². The largest absolute Gasteiger partial charge is 0.484 e. The van der Waals surface area contributed by atoms with Crippen molar-refractivity contribution in [1.29, 1.82) is 0 Å². The predicted molar refractivity (Wildman–Crippen MR) is 82.5 cm³/mol. The molecule has 1 aromatic heterocycles. The van der Waals surface area contributed by atoms with E-state index in [1.807, 2.05) is 55.5 Å². The lowest BCUT2D eigenvalue weighted by molar-refractivity contribution is -0.123. The normalized spacial score (nSPS) is 10.6. The Bertz CT molecular complexity index is 745. The van der Waals surface area contributed by atoms with Crippen LogP contribution in [-0.4, -0.2) is 17.5 Å². The molecule has 0 spiro atoms. The van der Waals surface area contributed by atoms with E-state index in [1.54, 1.807) is 0 Å². The first-order chi connectivity index (χ1) is 10.7. The summed E-state index contributed by atoms with van der Waals surface area (Å²) in [6.45, 7) is 2.20. The molecule has 0 radical (unpaired) electrons. The highest BCUT2D eigenvalue weighted by atomic mass is 16.5. The first-order valence-corrected chi connectivity index (χ1v) is 7.01.